The van der Waals surface area contributed by atoms with Crippen LogP contribution in [0.3, 0.4) is 0 Å². The molecule has 0 aliphatic carbocycles. The van der Waals surface area contributed by atoms with Crippen molar-refractivity contribution in [1.82, 2.24) is 4.90 Å². The predicted molar refractivity (Wildman–Crippen MR) is 110 cm³/mol. The van der Waals surface area contributed by atoms with E-state index in [9.17, 15) is 25.0 Å². The van der Waals surface area contributed by atoms with Crippen LogP contribution in [0.2, 0.25) is 5.02 Å². The van der Waals surface area contributed by atoms with Gasteiger partial charge < -0.3 is 9.64 Å². The van der Waals surface area contributed by atoms with Crippen molar-refractivity contribution in [3.8, 4) is 0 Å². The first kappa shape index (κ1) is 21.5. The van der Waals surface area contributed by atoms with Crippen LogP contribution in [0.15, 0.2) is 42.5 Å². The van der Waals surface area contributed by atoms with E-state index in [4.69, 9.17) is 16.3 Å². The first-order valence-corrected chi connectivity index (χ1v) is 9.45. The predicted octanol–water partition coefficient (Wildman–Crippen LogP) is 3.19. The summed E-state index contributed by atoms with van der Waals surface area (Å²) in [5.74, 6) is -0.446. The third kappa shape index (κ3) is 4.34. The van der Waals surface area contributed by atoms with Gasteiger partial charge in [0.1, 0.15) is 11.7 Å². The molecular weight excluding hydrogens is 416 g/mol. The minimum Gasteiger partial charge on any atom is -0.468 e. The lowest BCUT2D eigenvalue weighted by molar-refractivity contribution is -0.393. The molecule has 0 N–H and O–H groups in total. The Morgan fingerprint density at radius 2 is 1.73 bits per heavy atom. The molecule has 0 bridgehead atoms. The molecule has 1 saturated heterocycles. The van der Waals surface area contributed by atoms with E-state index in [0.717, 1.165) is 6.07 Å². The number of piperazine rings is 1. The van der Waals surface area contributed by atoms with Crippen molar-refractivity contribution >= 4 is 34.6 Å². The normalized spacial score (nSPS) is 15.5. The summed E-state index contributed by atoms with van der Waals surface area (Å²) in [6.45, 7) is 1.60. The van der Waals surface area contributed by atoms with E-state index < -0.39 is 21.9 Å². The molecule has 0 saturated carbocycles. The highest BCUT2D eigenvalue weighted by atomic mass is 35.5. The molecule has 2 aromatic carbocycles. The summed E-state index contributed by atoms with van der Waals surface area (Å²) in [5, 5.41) is 22.8. The minimum absolute atomic E-state index is 0.303. The van der Waals surface area contributed by atoms with E-state index in [-0.39, 0.29) is 11.4 Å². The topological polar surface area (TPSA) is 119 Å². The second-order valence-electron chi connectivity index (χ2n) is 6.66. The van der Waals surface area contributed by atoms with Crippen molar-refractivity contribution < 1.29 is 19.4 Å². The molecule has 0 radical (unpaired) electrons. The highest BCUT2D eigenvalue weighted by Gasteiger charge is 2.34. The maximum Gasteiger partial charge on any atom is 0.327 e. The molecule has 1 aliphatic rings. The van der Waals surface area contributed by atoms with Gasteiger partial charge in [0.15, 0.2) is 0 Å². The Morgan fingerprint density at radius 3 is 2.30 bits per heavy atom. The van der Waals surface area contributed by atoms with E-state index in [1.807, 2.05) is 4.90 Å². The number of ether oxygens (including phenoxy) is 1. The zero-order chi connectivity index (χ0) is 21.8. The van der Waals surface area contributed by atoms with E-state index >= 15 is 0 Å². The van der Waals surface area contributed by atoms with Crippen molar-refractivity contribution in [3.05, 3.63) is 73.3 Å². The number of nitrogens with zero attached hydrogens (tertiary/aromatic N) is 4. The number of methoxy groups -OCH3 is 1. The first-order chi connectivity index (χ1) is 14.3. The van der Waals surface area contributed by atoms with Crippen molar-refractivity contribution in [3.63, 3.8) is 0 Å². The molecule has 1 heterocycles. The standard InChI is InChI=1S/C19H19ClN4O6/c1-30-19(25)18(14-4-2-3-5-15(14)20)22-10-8-21(9-11-22)16-7-6-13(23(26)27)12-17(16)24(28)29/h2-7,12,18H,8-11H2,1H3. The number of hydrogen-bond acceptors (Lipinski definition) is 8. The van der Waals surface area contributed by atoms with E-state index in [2.05, 4.69) is 0 Å². The van der Waals surface area contributed by atoms with Gasteiger partial charge in [0.05, 0.1) is 23.0 Å². The van der Waals surface area contributed by atoms with Gasteiger partial charge in [0.2, 0.25) is 0 Å². The van der Waals surface area contributed by atoms with E-state index in [1.54, 1.807) is 29.2 Å². The van der Waals surface area contributed by atoms with Crippen LogP contribution in [0, 0.1) is 20.2 Å². The van der Waals surface area contributed by atoms with Crippen molar-refractivity contribution in [2.24, 2.45) is 0 Å². The maximum absolute atomic E-state index is 12.5. The maximum atomic E-state index is 12.5. The number of hydrogen-bond donors (Lipinski definition) is 0. The minimum atomic E-state index is -0.697. The fourth-order valence-corrected chi connectivity index (χ4v) is 3.78. The summed E-state index contributed by atoms with van der Waals surface area (Å²) < 4.78 is 4.97. The van der Waals surface area contributed by atoms with Gasteiger partial charge in [0, 0.05) is 37.3 Å². The van der Waals surface area contributed by atoms with Crippen LogP contribution in [0.25, 0.3) is 0 Å². The number of anilines is 1. The highest BCUT2D eigenvalue weighted by molar-refractivity contribution is 6.31. The molecule has 1 fully saturated rings. The molecule has 11 heteroatoms. The SMILES string of the molecule is COC(=O)C(c1ccccc1Cl)N1CCN(c2ccc([N+](=O)[O-])cc2[N+](=O)[O-])CC1. The number of esters is 1. The van der Waals surface area contributed by atoms with Gasteiger partial charge in [-0.1, -0.05) is 29.8 Å². The van der Waals surface area contributed by atoms with Crippen LogP contribution in [-0.2, 0) is 9.53 Å². The molecule has 10 nitrogen and oxygen atoms in total. The number of nitro groups is 2. The smallest absolute Gasteiger partial charge is 0.327 e. The van der Waals surface area contributed by atoms with E-state index in [0.29, 0.717) is 42.5 Å². The average molecular weight is 435 g/mol. The van der Waals surface area contributed by atoms with Crippen LogP contribution in [0.1, 0.15) is 11.6 Å². The molecule has 0 aromatic heterocycles. The third-order valence-electron chi connectivity index (χ3n) is 5.01. The van der Waals surface area contributed by atoms with Crippen molar-refractivity contribution in [2.75, 3.05) is 38.2 Å². The summed E-state index contributed by atoms with van der Waals surface area (Å²) >= 11 is 6.28. The molecule has 0 spiro atoms. The lowest BCUT2D eigenvalue weighted by Gasteiger charge is -2.39. The molecule has 0 amide bonds. The summed E-state index contributed by atoms with van der Waals surface area (Å²) in [6.07, 6.45) is 0. The Morgan fingerprint density at radius 1 is 1.07 bits per heavy atom. The number of carbonyl (C=O) groups is 1. The number of carbonyl (C=O) groups excluding carboxylic acids is 1. The van der Waals surface area contributed by atoms with Crippen LogP contribution < -0.4 is 4.90 Å². The molecule has 1 aliphatic heterocycles. The Labute approximate surface area is 176 Å². The van der Waals surface area contributed by atoms with E-state index in [1.165, 1.54) is 19.2 Å². The second kappa shape index (κ2) is 9.06. The quantitative estimate of drug-likeness (QED) is 0.386. The molecular formula is C19H19ClN4O6. The van der Waals surface area contributed by atoms with Crippen LogP contribution >= 0.6 is 11.6 Å². The van der Waals surface area contributed by atoms with Gasteiger partial charge >= 0.3 is 5.97 Å². The van der Waals surface area contributed by atoms with Crippen molar-refractivity contribution in [1.29, 1.82) is 0 Å². The van der Waals surface area contributed by atoms with Crippen LogP contribution in [-0.4, -0.2) is 54.0 Å². The Bertz CT molecular complexity index is 977. The Hall–Kier alpha value is -3.24. The van der Waals surface area contributed by atoms with Gasteiger partial charge in [-0.05, 0) is 17.7 Å². The zero-order valence-corrected chi connectivity index (χ0v) is 16.8. The van der Waals surface area contributed by atoms with Crippen LogP contribution in [0.4, 0.5) is 17.1 Å². The zero-order valence-electron chi connectivity index (χ0n) is 16.1. The average Bonchev–Trinajstić information content (AvgIpc) is 2.75. The number of halogens is 1. The Kier molecular flexibility index (Phi) is 6.48. The highest BCUT2D eigenvalue weighted by Crippen LogP contribution is 2.34. The molecule has 2 aromatic rings. The number of non-ortho nitro benzene ring substituents is 1. The number of benzene rings is 2. The Balaban J connectivity index is 1.83. The van der Waals surface area contributed by atoms with Gasteiger partial charge in [-0.25, -0.2) is 4.79 Å². The van der Waals surface area contributed by atoms with Crippen molar-refractivity contribution in [2.45, 2.75) is 6.04 Å². The summed E-state index contributed by atoms with van der Waals surface area (Å²) in [5.41, 5.74) is 0.264. The third-order valence-corrected chi connectivity index (χ3v) is 5.36. The second-order valence-corrected chi connectivity index (χ2v) is 7.06. The van der Waals surface area contributed by atoms with Gasteiger partial charge in [0.25, 0.3) is 11.4 Å². The van der Waals surface area contributed by atoms with Crippen LogP contribution in [0.5, 0.6) is 0 Å². The first-order valence-electron chi connectivity index (χ1n) is 9.07. The molecule has 1 atom stereocenters. The van der Waals surface area contributed by atoms with Gasteiger partial charge in [-0.15, -0.1) is 0 Å². The van der Waals surface area contributed by atoms with Gasteiger partial charge in [-0.2, -0.15) is 0 Å². The molecule has 1 unspecified atom stereocenters. The lowest BCUT2D eigenvalue weighted by Crippen LogP contribution is -2.49. The summed E-state index contributed by atoms with van der Waals surface area (Å²) in [7, 11) is 1.31. The summed E-state index contributed by atoms with van der Waals surface area (Å²) in [6, 6.07) is 9.91. The largest absolute Gasteiger partial charge is 0.468 e. The fraction of sp³-hybridized carbons (Fsp3) is 0.316. The number of rotatable bonds is 6. The molecule has 158 valence electrons. The van der Waals surface area contributed by atoms with Gasteiger partial charge in [-0.3, -0.25) is 25.1 Å². The number of nitro benzene ring substituents is 2. The summed E-state index contributed by atoms with van der Waals surface area (Å²) in [4.78, 5) is 37.2. The monoisotopic (exact) mass is 434 g/mol. The fourth-order valence-electron chi connectivity index (χ4n) is 3.54. The molecule has 3 rings (SSSR count). The molecule has 30 heavy (non-hydrogen) atoms. The lowest BCUT2D eigenvalue weighted by atomic mass is 10.0.